The van der Waals surface area contributed by atoms with E-state index in [9.17, 15) is 0 Å². The highest BCUT2D eigenvalue weighted by Crippen LogP contribution is 2.63. The molecule has 8 aromatic carbocycles. The van der Waals surface area contributed by atoms with Gasteiger partial charge in [-0.15, -0.1) is 11.3 Å². The van der Waals surface area contributed by atoms with E-state index in [0.717, 1.165) is 67.4 Å². The minimum absolute atomic E-state index is 0.539. The van der Waals surface area contributed by atoms with Crippen molar-refractivity contribution in [2.75, 3.05) is 0 Å². The van der Waals surface area contributed by atoms with Crippen LogP contribution >= 0.6 is 11.3 Å². The molecule has 12 rings (SSSR count). The molecule has 0 amide bonds. The molecule has 0 bridgehead atoms. The summed E-state index contributed by atoms with van der Waals surface area (Å²) in [5.74, 6) is 2.50. The van der Waals surface area contributed by atoms with E-state index in [1.807, 2.05) is 24.3 Å². The fourth-order valence-corrected chi connectivity index (χ4v) is 10.2. The van der Waals surface area contributed by atoms with Gasteiger partial charge < -0.3 is 4.74 Å². The minimum atomic E-state index is -0.539. The van der Waals surface area contributed by atoms with Crippen LogP contribution < -0.4 is 4.74 Å². The molecular formula is C55H34N2OS. The zero-order chi connectivity index (χ0) is 38.9. The molecular weight excluding hydrogens is 737 g/mol. The number of fused-ring (bicyclic) bond motifs is 11. The van der Waals surface area contributed by atoms with Crippen molar-refractivity contribution in [1.82, 2.24) is 9.97 Å². The maximum atomic E-state index is 6.77. The van der Waals surface area contributed by atoms with E-state index >= 15 is 0 Å². The summed E-state index contributed by atoms with van der Waals surface area (Å²) in [4.78, 5) is 10.1. The summed E-state index contributed by atoms with van der Waals surface area (Å²) in [5, 5.41) is 3.52. The van der Waals surface area contributed by atoms with Gasteiger partial charge >= 0.3 is 0 Å². The second-order valence-corrected chi connectivity index (χ2v) is 16.2. The molecule has 0 radical (unpaired) electrons. The maximum Gasteiger partial charge on any atom is 0.160 e. The van der Waals surface area contributed by atoms with Crippen molar-refractivity contribution in [3.8, 4) is 78.8 Å². The molecule has 0 saturated heterocycles. The predicted molar refractivity (Wildman–Crippen MR) is 242 cm³/mol. The first-order valence-corrected chi connectivity index (χ1v) is 20.8. The Balaban J connectivity index is 0.988. The second kappa shape index (κ2) is 13.3. The highest BCUT2D eigenvalue weighted by molar-refractivity contribution is 7.17. The fraction of sp³-hybridized carbons (Fsp3) is 0.0182. The first-order chi connectivity index (χ1) is 29.2. The highest BCUT2D eigenvalue weighted by atomic mass is 32.1. The number of aromatic nitrogens is 2. The summed E-state index contributed by atoms with van der Waals surface area (Å²) in [7, 11) is 0. The summed E-state index contributed by atoms with van der Waals surface area (Å²) in [6.45, 7) is 0. The van der Waals surface area contributed by atoms with Gasteiger partial charge in [0.1, 0.15) is 11.5 Å². The summed E-state index contributed by atoms with van der Waals surface area (Å²) < 4.78 is 8.08. The summed E-state index contributed by atoms with van der Waals surface area (Å²) in [6.07, 6.45) is 0. The van der Waals surface area contributed by atoms with Gasteiger partial charge in [-0.25, -0.2) is 9.97 Å². The molecule has 1 unspecified atom stereocenters. The van der Waals surface area contributed by atoms with Crippen LogP contribution in [0.1, 0.15) is 22.3 Å². The molecule has 0 saturated carbocycles. The number of para-hydroxylation sites is 1. The van der Waals surface area contributed by atoms with Crippen LogP contribution in [0.3, 0.4) is 0 Å². The second-order valence-electron chi connectivity index (χ2n) is 15.3. The van der Waals surface area contributed by atoms with Crippen LogP contribution in [-0.4, -0.2) is 9.97 Å². The Kier molecular flexibility index (Phi) is 7.62. The van der Waals surface area contributed by atoms with E-state index in [-0.39, 0.29) is 0 Å². The molecule has 2 aliphatic rings. The zero-order valence-electron chi connectivity index (χ0n) is 31.8. The average Bonchev–Trinajstić information content (AvgIpc) is 3.91. The van der Waals surface area contributed by atoms with Gasteiger partial charge in [-0.05, 0) is 98.4 Å². The Bertz CT molecular complexity index is 3200. The monoisotopic (exact) mass is 770 g/mol. The molecule has 10 aromatic rings. The summed E-state index contributed by atoms with van der Waals surface area (Å²) >= 11 is 1.80. The smallest absolute Gasteiger partial charge is 0.160 e. The molecule has 59 heavy (non-hydrogen) atoms. The van der Waals surface area contributed by atoms with Gasteiger partial charge in [0, 0.05) is 37.9 Å². The SMILES string of the molecule is c1ccc(-c2cc(-c3cccc(-c4cccc(-c5ccc6c(c5)C5(c7ccccc7O6)c6ccccc6-c6c5ccc5sccc65)c4)c3)nc(-c3ccccc3)n2)cc1. The molecule has 1 aliphatic carbocycles. The fourth-order valence-electron chi connectivity index (χ4n) is 9.43. The van der Waals surface area contributed by atoms with Crippen molar-refractivity contribution in [1.29, 1.82) is 0 Å². The molecule has 0 N–H and O–H groups in total. The third kappa shape index (κ3) is 5.27. The molecule has 2 aromatic heterocycles. The Morgan fingerprint density at radius 3 is 1.76 bits per heavy atom. The van der Waals surface area contributed by atoms with Crippen molar-refractivity contribution in [3.63, 3.8) is 0 Å². The van der Waals surface area contributed by atoms with E-state index < -0.39 is 5.41 Å². The van der Waals surface area contributed by atoms with E-state index in [1.54, 1.807) is 11.3 Å². The quantitative estimate of drug-likeness (QED) is 0.175. The Morgan fingerprint density at radius 2 is 0.983 bits per heavy atom. The number of nitrogens with zero attached hydrogens (tertiary/aromatic N) is 2. The molecule has 1 aliphatic heterocycles. The molecule has 1 spiro atoms. The first-order valence-electron chi connectivity index (χ1n) is 20.0. The first kappa shape index (κ1) is 33.7. The van der Waals surface area contributed by atoms with Crippen LogP contribution in [0.25, 0.3) is 77.4 Å². The predicted octanol–water partition coefficient (Wildman–Crippen LogP) is 14.5. The number of thiophene rings is 1. The molecule has 0 fully saturated rings. The van der Waals surface area contributed by atoms with Gasteiger partial charge in [0.2, 0.25) is 0 Å². The van der Waals surface area contributed by atoms with Crippen molar-refractivity contribution >= 4 is 21.4 Å². The van der Waals surface area contributed by atoms with Crippen molar-refractivity contribution < 1.29 is 4.74 Å². The minimum Gasteiger partial charge on any atom is -0.457 e. The standard InChI is InChI=1S/C55H34N2OS/c1-3-13-35(14-4-1)48-34-49(57-54(56-48)36-15-5-2-6-16-36)41-20-12-19-39(32-41)37-17-11-18-38(31-37)40-25-27-51-47(33-40)55(45-23-9-10-24-50(45)58-51)44-22-8-7-21-42(44)53-43-29-30-59-52(43)28-26-46(53)55/h1-34H. The number of hydrogen-bond acceptors (Lipinski definition) is 4. The van der Waals surface area contributed by atoms with E-state index in [0.29, 0.717) is 5.82 Å². The van der Waals surface area contributed by atoms with E-state index in [4.69, 9.17) is 14.7 Å². The van der Waals surface area contributed by atoms with Gasteiger partial charge in [-0.3, -0.25) is 0 Å². The molecule has 3 nitrogen and oxygen atoms in total. The van der Waals surface area contributed by atoms with Crippen LogP contribution in [0.2, 0.25) is 0 Å². The number of rotatable bonds is 5. The highest BCUT2D eigenvalue weighted by Gasteiger charge is 2.51. The van der Waals surface area contributed by atoms with Gasteiger partial charge in [-0.1, -0.05) is 152 Å². The lowest BCUT2D eigenvalue weighted by Gasteiger charge is -2.39. The molecule has 4 heteroatoms. The molecule has 1 atom stereocenters. The largest absolute Gasteiger partial charge is 0.457 e. The summed E-state index contributed by atoms with van der Waals surface area (Å²) in [5.41, 5.74) is 16.4. The Labute approximate surface area is 346 Å². The summed E-state index contributed by atoms with van der Waals surface area (Å²) in [6, 6.07) is 71.5. The van der Waals surface area contributed by atoms with Crippen molar-refractivity contribution in [2.45, 2.75) is 5.41 Å². The Morgan fingerprint density at radius 1 is 0.390 bits per heavy atom. The van der Waals surface area contributed by atoms with Gasteiger partial charge in [-0.2, -0.15) is 0 Å². The third-order valence-corrected chi connectivity index (χ3v) is 12.9. The van der Waals surface area contributed by atoms with E-state index in [2.05, 4.69) is 181 Å². The lowest BCUT2D eigenvalue weighted by molar-refractivity contribution is 0.436. The van der Waals surface area contributed by atoms with Crippen molar-refractivity contribution in [2.24, 2.45) is 0 Å². The van der Waals surface area contributed by atoms with Crippen LogP contribution in [-0.2, 0) is 5.41 Å². The lowest BCUT2D eigenvalue weighted by atomic mass is 9.65. The number of benzene rings is 8. The van der Waals surface area contributed by atoms with E-state index in [1.165, 1.54) is 37.9 Å². The van der Waals surface area contributed by atoms with Gasteiger partial charge in [0.05, 0.1) is 16.8 Å². The average molecular weight is 771 g/mol. The Hall–Kier alpha value is -7.40. The lowest BCUT2D eigenvalue weighted by Crippen LogP contribution is -2.32. The topological polar surface area (TPSA) is 35.0 Å². The van der Waals surface area contributed by atoms with Crippen molar-refractivity contribution in [3.05, 3.63) is 228 Å². The van der Waals surface area contributed by atoms with Crippen LogP contribution in [0.4, 0.5) is 0 Å². The van der Waals surface area contributed by atoms with Crippen LogP contribution in [0.5, 0.6) is 11.5 Å². The zero-order valence-corrected chi connectivity index (χ0v) is 32.7. The normalized spacial score (nSPS) is 14.6. The van der Waals surface area contributed by atoms with Crippen LogP contribution in [0, 0.1) is 0 Å². The van der Waals surface area contributed by atoms with Crippen LogP contribution in [0.15, 0.2) is 206 Å². The third-order valence-electron chi connectivity index (χ3n) is 12.0. The number of hydrogen-bond donors (Lipinski definition) is 0. The maximum absolute atomic E-state index is 6.77. The molecule has 3 heterocycles. The van der Waals surface area contributed by atoms with Gasteiger partial charge in [0.25, 0.3) is 0 Å². The number of ether oxygens (including phenoxy) is 1. The molecule has 276 valence electrons. The van der Waals surface area contributed by atoms with Gasteiger partial charge in [0.15, 0.2) is 5.82 Å².